The fourth-order valence-electron chi connectivity index (χ4n) is 2.81. The molecule has 0 bridgehead atoms. The summed E-state index contributed by atoms with van der Waals surface area (Å²) in [6.45, 7) is 0.0746. The number of fused-ring (bicyclic) bond motifs is 1. The van der Waals surface area contributed by atoms with Crippen LogP contribution in [-0.4, -0.2) is 42.6 Å². The molecule has 26 heavy (non-hydrogen) atoms. The molecule has 0 atom stereocenters. The van der Waals surface area contributed by atoms with Gasteiger partial charge in [0.1, 0.15) is 5.75 Å². The zero-order valence-corrected chi connectivity index (χ0v) is 15.1. The van der Waals surface area contributed by atoms with Gasteiger partial charge in [-0.25, -0.2) is 17.2 Å². The highest BCUT2D eigenvalue weighted by atomic mass is 32.2. The van der Waals surface area contributed by atoms with Crippen molar-refractivity contribution < 1.29 is 23.1 Å². The molecule has 0 spiro atoms. The maximum atomic E-state index is 12.9. The van der Waals surface area contributed by atoms with Crippen molar-refractivity contribution in [1.29, 1.82) is 0 Å². The Morgan fingerprint density at radius 1 is 1.15 bits per heavy atom. The number of carbonyl (C=O) groups is 1. The quantitative estimate of drug-likeness (QED) is 0.742. The lowest BCUT2D eigenvalue weighted by atomic mass is 10.1. The molecule has 0 aliphatic rings. The van der Waals surface area contributed by atoms with E-state index in [9.17, 15) is 13.2 Å². The van der Waals surface area contributed by atoms with Crippen LogP contribution < -0.4 is 4.74 Å². The first-order valence-electron chi connectivity index (χ1n) is 7.78. The molecule has 0 unspecified atom stereocenters. The first kappa shape index (κ1) is 17.8. The molecule has 0 fully saturated rings. The lowest BCUT2D eigenvalue weighted by Gasteiger charge is -2.17. The largest absolute Gasteiger partial charge is 0.496 e. The van der Waals surface area contributed by atoms with Gasteiger partial charge in [-0.05, 0) is 30.3 Å². The molecule has 8 heteroatoms. The predicted molar refractivity (Wildman–Crippen MR) is 97.0 cm³/mol. The van der Waals surface area contributed by atoms with Gasteiger partial charge in [0.05, 0.1) is 24.1 Å². The van der Waals surface area contributed by atoms with E-state index in [-0.39, 0.29) is 11.4 Å². The predicted octanol–water partition coefficient (Wildman–Crippen LogP) is 3.00. The lowest BCUT2D eigenvalue weighted by molar-refractivity contribution is 0.153. The summed E-state index contributed by atoms with van der Waals surface area (Å²) in [5, 5.41) is 9.77. The Morgan fingerprint density at radius 3 is 2.46 bits per heavy atom. The molecule has 1 aromatic heterocycles. The first-order chi connectivity index (χ1) is 12.4. The van der Waals surface area contributed by atoms with Crippen LogP contribution in [0.25, 0.3) is 10.9 Å². The highest BCUT2D eigenvalue weighted by Crippen LogP contribution is 2.31. The number of rotatable bonds is 5. The summed E-state index contributed by atoms with van der Waals surface area (Å²) in [4.78, 5) is 12.5. The van der Waals surface area contributed by atoms with Crippen LogP contribution in [0.5, 0.6) is 5.75 Å². The number of hydrogen-bond donors (Lipinski definition) is 1. The van der Waals surface area contributed by atoms with Crippen molar-refractivity contribution in [3.63, 3.8) is 0 Å². The van der Waals surface area contributed by atoms with Gasteiger partial charge in [0.25, 0.3) is 10.0 Å². The molecule has 3 rings (SSSR count). The highest BCUT2D eigenvalue weighted by molar-refractivity contribution is 7.90. The molecule has 2 aromatic carbocycles. The third kappa shape index (κ3) is 2.99. The van der Waals surface area contributed by atoms with Crippen molar-refractivity contribution in [2.24, 2.45) is 0 Å². The molecule has 0 aliphatic carbocycles. The Bertz CT molecular complexity index is 1060. The Morgan fingerprint density at radius 2 is 1.85 bits per heavy atom. The van der Waals surface area contributed by atoms with Crippen LogP contribution in [0.2, 0.25) is 0 Å². The number of aromatic nitrogens is 1. The number of nitrogens with zero attached hydrogens (tertiary/aromatic N) is 2. The normalized spacial score (nSPS) is 11.5. The molecular formula is C18H18N2O5S. The van der Waals surface area contributed by atoms with Gasteiger partial charge >= 0.3 is 6.09 Å². The van der Waals surface area contributed by atoms with Crippen LogP contribution in [0.4, 0.5) is 4.79 Å². The van der Waals surface area contributed by atoms with Crippen LogP contribution in [-0.2, 0) is 16.6 Å². The van der Waals surface area contributed by atoms with Crippen molar-refractivity contribution in [2.45, 2.75) is 11.4 Å². The Kier molecular flexibility index (Phi) is 4.60. The molecule has 3 aromatic rings. The summed E-state index contributed by atoms with van der Waals surface area (Å²) < 4.78 is 32.4. The zero-order chi connectivity index (χ0) is 18.9. The van der Waals surface area contributed by atoms with Gasteiger partial charge in [0, 0.05) is 24.2 Å². The number of benzene rings is 2. The molecule has 7 nitrogen and oxygen atoms in total. The Labute approximate surface area is 151 Å². The maximum Gasteiger partial charge on any atom is 0.407 e. The number of carboxylic acid groups (broad SMARTS) is 1. The number of ether oxygens (including phenoxy) is 1. The summed E-state index contributed by atoms with van der Waals surface area (Å²) in [5.74, 6) is 0.500. The molecular weight excluding hydrogens is 356 g/mol. The number of methoxy groups -OCH3 is 1. The van der Waals surface area contributed by atoms with Gasteiger partial charge in [-0.15, -0.1) is 0 Å². The molecule has 136 valence electrons. The van der Waals surface area contributed by atoms with Crippen molar-refractivity contribution >= 4 is 27.0 Å². The SMILES string of the molecule is COc1ccc2c(ccn2S(=O)(=O)c2ccccc2)c1CN(C)C(=O)O. The Hall–Kier alpha value is -3.00. The van der Waals surface area contributed by atoms with E-state index in [2.05, 4.69) is 0 Å². The van der Waals surface area contributed by atoms with Gasteiger partial charge in [-0.3, -0.25) is 0 Å². The number of amides is 1. The van der Waals surface area contributed by atoms with Crippen molar-refractivity contribution in [2.75, 3.05) is 14.2 Å². The topological polar surface area (TPSA) is 88.8 Å². The van der Waals surface area contributed by atoms with E-state index in [1.807, 2.05) is 0 Å². The minimum Gasteiger partial charge on any atom is -0.496 e. The second-order valence-electron chi connectivity index (χ2n) is 5.75. The minimum atomic E-state index is -3.76. The minimum absolute atomic E-state index is 0.0746. The summed E-state index contributed by atoms with van der Waals surface area (Å²) in [7, 11) is -0.825. The van der Waals surface area contributed by atoms with Gasteiger partial charge in [-0.2, -0.15) is 0 Å². The summed E-state index contributed by atoms with van der Waals surface area (Å²) in [5.41, 5.74) is 1.07. The fraction of sp³-hybridized carbons (Fsp3) is 0.167. The van der Waals surface area contributed by atoms with Crippen LogP contribution in [0.3, 0.4) is 0 Å². The maximum absolute atomic E-state index is 12.9. The van der Waals surface area contributed by atoms with Crippen LogP contribution in [0, 0.1) is 0 Å². The van der Waals surface area contributed by atoms with Crippen LogP contribution in [0.1, 0.15) is 5.56 Å². The molecule has 0 saturated carbocycles. The van der Waals surface area contributed by atoms with Crippen molar-refractivity contribution in [1.82, 2.24) is 8.87 Å². The number of hydrogen-bond acceptors (Lipinski definition) is 4. The molecule has 1 heterocycles. The summed E-state index contributed by atoms with van der Waals surface area (Å²) >= 11 is 0. The fourth-order valence-corrected chi connectivity index (χ4v) is 4.18. The van der Waals surface area contributed by atoms with E-state index >= 15 is 0 Å². The monoisotopic (exact) mass is 374 g/mol. The van der Waals surface area contributed by atoms with E-state index in [4.69, 9.17) is 9.84 Å². The van der Waals surface area contributed by atoms with Gasteiger partial charge in [-0.1, -0.05) is 18.2 Å². The van der Waals surface area contributed by atoms with Crippen LogP contribution >= 0.6 is 0 Å². The third-order valence-electron chi connectivity index (χ3n) is 4.15. The molecule has 0 saturated heterocycles. The van der Waals surface area contributed by atoms with E-state index in [1.54, 1.807) is 36.4 Å². The Balaban J connectivity index is 2.18. The smallest absolute Gasteiger partial charge is 0.407 e. The van der Waals surface area contributed by atoms with E-state index < -0.39 is 16.1 Å². The van der Waals surface area contributed by atoms with E-state index in [1.165, 1.54) is 36.5 Å². The first-order valence-corrected chi connectivity index (χ1v) is 9.22. The third-order valence-corrected chi connectivity index (χ3v) is 5.85. The average molecular weight is 374 g/mol. The summed E-state index contributed by atoms with van der Waals surface area (Å²) in [6.07, 6.45) is 0.386. The lowest BCUT2D eigenvalue weighted by Crippen LogP contribution is -2.24. The van der Waals surface area contributed by atoms with Gasteiger partial charge in [0.15, 0.2) is 0 Å². The molecule has 1 amide bonds. The highest BCUT2D eigenvalue weighted by Gasteiger charge is 2.21. The van der Waals surface area contributed by atoms with Gasteiger partial charge < -0.3 is 14.7 Å². The van der Waals surface area contributed by atoms with Crippen molar-refractivity contribution in [3.05, 3.63) is 60.3 Å². The molecule has 0 aliphatic heterocycles. The van der Waals surface area contributed by atoms with E-state index in [0.29, 0.717) is 22.2 Å². The van der Waals surface area contributed by atoms with Gasteiger partial charge in [0.2, 0.25) is 0 Å². The second-order valence-corrected chi connectivity index (χ2v) is 7.56. The van der Waals surface area contributed by atoms with E-state index in [0.717, 1.165) is 4.90 Å². The second kappa shape index (κ2) is 6.72. The zero-order valence-electron chi connectivity index (χ0n) is 14.3. The summed E-state index contributed by atoms with van der Waals surface area (Å²) in [6, 6.07) is 13.1. The standard InChI is InChI=1S/C18H18N2O5S/c1-19(18(21)22)12-15-14-10-11-20(16(14)8-9-17(15)25-2)26(23,24)13-6-4-3-5-7-13/h3-11H,12H2,1-2H3,(H,21,22). The average Bonchev–Trinajstić information content (AvgIpc) is 3.07. The van der Waals surface area contributed by atoms with Crippen LogP contribution in [0.15, 0.2) is 59.6 Å². The molecule has 1 N–H and O–H groups in total. The van der Waals surface area contributed by atoms with Crippen molar-refractivity contribution in [3.8, 4) is 5.75 Å². The molecule has 0 radical (unpaired) electrons.